The highest BCUT2D eigenvalue weighted by Gasteiger charge is 2.32. The van der Waals surface area contributed by atoms with Gasteiger partial charge >= 0.3 is 6.18 Å². The molecule has 0 bridgehead atoms. The summed E-state index contributed by atoms with van der Waals surface area (Å²) in [5.41, 5.74) is 0.143. The molecule has 1 N–H and O–H groups in total. The van der Waals surface area contributed by atoms with E-state index in [1.165, 1.54) is 40.4 Å². The van der Waals surface area contributed by atoms with E-state index in [4.69, 9.17) is 0 Å². The second-order valence-corrected chi connectivity index (χ2v) is 7.91. The second kappa shape index (κ2) is 8.36. The Bertz CT molecular complexity index is 1100. The number of amides is 1. The van der Waals surface area contributed by atoms with Gasteiger partial charge in [-0.25, -0.2) is 4.98 Å². The van der Waals surface area contributed by atoms with Gasteiger partial charge in [-0.1, -0.05) is 18.2 Å². The molecule has 0 aliphatic heterocycles. The molecule has 0 saturated heterocycles. The number of hydrogen-bond donors (Lipinski definition) is 1. The van der Waals surface area contributed by atoms with Crippen molar-refractivity contribution in [2.45, 2.75) is 39.4 Å². The van der Waals surface area contributed by atoms with Crippen LogP contribution in [0.25, 0.3) is 10.2 Å². The first-order chi connectivity index (χ1) is 13.7. The number of hydrogen-bond acceptors (Lipinski definition) is 4. The normalized spacial score (nSPS) is 11.8. The number of carbonyl (C=O) groups excluding carboxylic acids is 1. The quantitative estimate of drug-likeness (QED) is 0.655. The first kappa shape index (κ1) is 21.0. The Morgan fingerprint density at radius 1 is 1.24 bits per heavy atom. The SMILES string of the molecule is Cc1sc2ncn(CCC(=O)NCCc3ccccc3C(F)(F)F)c(=O)c2c1C. The first-order valence-electron chi connectivity index (χ1n) is 9.05. The topological polar surface area (TPSA) is 64.0 Å². The van der Waals surface area contributed by atoms with Gasteiger partial charge in [0.05, 0.1) is 17.3 Å². The molecule has 0 aliphatic carbocycles. The molecule has 5 nitrogen and oxygen atoms in total. The van der Waals surface area contributed by atoms with Gasteiger partial charge in [0.25, 0.3) is 5.56 Å². The van der Waals surface area contributed by atoms with Crippen molar-refractivity contribution in [3.63, 3.8) is 0 Å². The van der Waals surface area contributed by atoms with E-state index in [2.05, 4.69) is 10.3 Å². The lowest BCUT2D eigenvalue weighted by Gasteiger charge is -2.13. The third-order valence-corrected chi connectivity index (χ3v) is 5.89. The number of carbonyl (C=O) groups is 1. The Hall–Kier alpha value is -2.68. The van der Waals surface area contributed by atoms with Crippen LogP contribution in [0.15, 0.2) is 35.4 Å². The largest absolute Gasteiger partial charge is 0.416 e. The third kappa shape index (κ3) is 4.67. The van der Waals surface area contributed by atoms with Crippen LogP contribution in [0, 0.1) is 13.8 Å². The van der Waals surface area contributed by atoms with E-state index in [-0.39, 0.29) is 43.0 Å². The van der Waals surface area contributed by atoms with E-state index in [1.54, 1.807) is 0 Å². The fourth-order valence-corrected chi connectivity index (χ4v) is 4.08. The minimum atomic E-state index is -4.43. The van der Waals surface area contributed by atoms with Crippen LogP contribution in [-0.2, 0) is 23.9 Å². The Balaban J connectivity index is 1.58. The summed E-state index contributed by atoms with van der Waals surface area (Å²) in [6.45, 7) is 4.03. The van der Waals surface area contributed by atoms with Gasteiger partial charge in [0.1, 0.15) is 4.83 Å². The number of aryl methyl sites for hydroxylation is 3. The molecular weight excluding hydrogens is 403 g/mol. The zero-order valence-electron chi connectivity index (χ0n) is 16.0. The average Bonchev–Trinajstić information content (AvgIpc) is 2.95. The fraction of sp³-hybridized carbons (Fsp3) is 0.350. The minimum Gasteiger partial charge on any atom is -0.356 e. The van der Waals surface area contributed by atoms with Crippen LogP contribution in [0.3, 0.4) is 0 Å². The molecule has 2 heterocycles. The molecule has 3 aromatic rings. The summed E-state index contributed by atoms with van der Waals surface area (Å²) in [4.78, 5) is 30.6. The van der Waals surface area contributed by atoms with Crippen molar-refractivity contribution in [1.29, 1.82) is 0 Å². The molecule has 0 fully saturated rings. The maximum Gasteiger partial charge on any atom is 0.416 e. The lowest BCUT2D eigenvalue weighted by molar-refractivity contribution is -0.138. The summed E-state index contributed by atoms with van der Waals surface area (Å²) in [6.07, 6.45) is -2.89. The summed E-state index contributed by atoms with van der Waals surface area (Å²) < 4.78 is 40.4. The van der Waals surface area contributed by atoms with Gasteiger partial charge in [0.15, 0.2) is 0 Å². The molecule has 2 aromatic heterocycles. The van der Waals surface area contributed by atoms with E-state index < -0.39 is 11.7 Å². The summed E-state index contributed by atoms with van der Waals surface area (Å²) in [7, 11) is 0. The molecule has 154 valence electrons. The van der Waals surface area contributed by atoms with Crippen LogP contribution in [-0.4, -0.2) is 22.0 Å². The summed E-state index contributed by atoms with van der Waals surface area (Å²) in [5.74, 6) is -0.334. The highest BCUT2D eigenvalue weighted by Crippen LogP contribution is 2.31. The molecule has 1 amide bonds. The number of thiophene rings is 1. The molecule has 0 spiro atoms. The predicted octanol–water partition coefficient (Wildman–Crippen LogP) is 3.84. The predicted molar refractivity (Wildman–Crippen MR) is 106 cm³/mol. The van der Waals surface area contributed by atoms with Crippen molar-refractivity contribution < 1.29 is 18.0 Å². The van der Waals surface area contributed by atoms with Gasteiger partial charge < -0.3 is 5.32 Å². The monoisotopic (exact) mass is 423 g/mol. The van der Waals surface area contributed by atoms with Gasteiger partial charge in [0.2, 0.25) is 5.91 Å². The van der Waals surface area contributed by atoms with Gasteiger partial charge in [-0.2, -0.15) is 13.2 Å². The molecule has 0 unspecified atom stereocenters. The molecular formula is C20H20F3N3O2S. The molecule has 0 atom stereocenters. The van der Waals surface area contributed by atoms with Crippen LogP contribution in [0.4, 0.5) is 13.2 Å². The highest BCUT2D eigenvalue weighted by molar-refractivity contribution is 7.18. The van der Waals surface area contributed by atoms with E-state index in [9.17, 15) is 22.8 Å². The summed E-state index contributed by atoms with van der Waals surface area (Å²) >= 11 is 1.45. The highest BCUT2D eigenvalue weighted by atomic mass is 32.1. The number of halogens is 3. The zero-order valence-corrected chi connectivity index (χ0v) is 16.8. The van der Waals surface area contributed by atoms with E-state index in [1.807, 2.05) is 13.8 Å². The van der Waals surface area contributed by atoms with Gasteiger partial charge in [-0.05, 0) is 37.5 Å². The maximum atomic E-state index is 13.0. The number of nitrogens with one attached hydrogen (secondary N) is 1. The number of rotatable bonds is 6. The van der Waals surface area contributed by atoms with Gasteiger partial charge in [0, 0.05) is 24.4 Å². The van der Waals surface area contributed by atoms with Gasteiger partial charge in [-0.3, -0.25) is 14.2 Å². The number of nitrogens with zero attached hydrogens (tertiary/aromatic N) is 2. The summed E-state index contributed by atoms with van der Waals surface area (Å²) in [5, 5.41) is 3.18. The summed E-state index contributed by atoms with van der Waals surface area (Å²) in [6, 6.07) is 5.31. The second-order valence-electron chi connectivity index (χ2n) is 6.71. The molecule has 0 radical (unpaired) electrons. The Labute approximate surface area is 169 Å². The van der Waals surface area contributed by atoms with Crippen molar-refractivity contribution >= 4 is 27.5 Å². The van der Waals surface area contributed by atoms with Crippen molar-refractivity contribution in [2.75, 3.05) is 6.54 Å². The standard InChI is InChI=1S/C20H20F3N3O2S/c1-12-13(2)29-18-17(12)19(28)26(11-25-18)10-8-16(27)24-9-7-14-5-3-4-6-15(14)20(21,22)23/h3-6,11H,7-10H2,1-2H3,(H,24,27). The average molecular weight is 423 g/mol. The van der Waals surface area contributed by atoms with Crippen LogP contribution in [0.5, 0.6) is 0 Å². The van der Waals surface area contributed by atoms with Crippen LogP contribution < -0.4 is 10.9 Å². The van der Waals surface area contributed by atoms with Crippen molar-refractivity contribution in [2.24, 2.45) is 0 Å². The minimum absolute atomic E-state index is 0.0379. The lowest BCUT2D eigenvalue weighted by atomic mass is 10.0. The van der Waals surface area contributed by atoms with Crippen molar-refractivity contribution in [3.8, 4) is 0 Å². The number of fused-ring (bicyclic) bond motifs is 1. The molecule has 9 heteroatoms. The lowest BCUT2D eigenvalue weighted by Crippen LogP contribution is -2.29. The molecule has 0 saturated carbocycles. The Morgan fingerprint density at radius 3 is 2.69 bits per heavy atom. The maximum absolute atomic E-state index is 13.0. The Kier molecular flexibility index (Phi) is 6.07. The smallest absolute Gasteiger partial charge is 0.356 e. The zero-order chi connectivity index (χ0) is 21.2. The van der Waals surface area contributed by atoms with E-state index in [0.29, 0.717) is 10.2 Å². The molecule has 29 heavy (non-hydrogen) atoms. The first-order valence-corrected chi connectivity index (χ1v) is 9.87. The van der Waals surface area contributed by atoms with Crippen molar-refractivity contribution in [3.05, 3.63) is 62.5 Å². The van der Waals surface area contributed by atoms with Crippen LogP contribution >= 0.6 is 11.3 Å². The molecule has 3 rings (SSSR count). The number of benzene rings is 1. The third-order valence-electron chi connectivity index (χ3n) is 4.77. The Morgan fingerprint density at radius 2 is 1.97 bits per heavy atom. The van der Waals surface area contributed by atoms with Crippen molar-refractivity contribution in [1.82, 2.24) is 14.9 Å². The fourth-order valence-electron chi connectivity index (χ4n) is 3.09. The van der Waals surface area contributed by atoms with Crippen LogP contribution in [0.2, 0.25) is 0 Å². The van der Waals surface area contributed by atoms with Gasteiger partial charge in [-0.15, -0.1) is 11.3 Å². The molecule has 0 aliphatic rings. The number of aromatic nitrogens is 2. The van der Waals surface area contributed by atoms with E-state index >= 15 is 0 Å². The number of alkyl halides is 3. The van der Waals surface area contributed by atoms with E-state index in [0.717, 1.165) is 16.5 Å². The van der Waals surface area contributed by atoms with Crippen LogP contribution in [0.1, 0.15) is 28.0 Å². The molecule has 1 aromatic carbocycles.